The van der Waals surface area contributed by atoms with Gasteiger partial charge in [-0.25, -0.2) is 9.78 Å². The zero-order valence-electron chi connectivity index (χ0n) is 14.4. The molecule has 0 bridgehead atoms. The van der Waals surface area contributed by atoms with Gasteiger partial charge in [0.05, 0.1) is 22.3 Å². The summed E-state index contributed by atoms with van der Waals surface area (Å²) >= 11 is 0. The fourth-order valence-electron chi connectivity index (χ4n) is 2.94. The molecule has 0 unspecified atom stereocenters. The predicted molar refractivity (Wildman–Crippen MR) is 103 cm³/mol. The molecule has 5 heteroatoms. The number of nitriles is 1. The first-order valence-corrected chi connectivity index (χ1v) is 8.44. The van der Waals surface area contributed by atoms with E-state index >= 15 is 0 Å². The summed E-state index contributed by atoms with van der Waals surface area (Å²) in [7, 11) is 0. The molecule has 0 spiro atoms. The molecule has 0 aliphatic rings. The maximum atomic E-state index is 12.0. The predicted octanol–water partition coefficient (Wildman–Crippen LogP) is 4.12. The number of hydrogen-bond acceptors (Lipinski definition) is 4. The lowest BCUT2D eigenvalue weighted by atomic mass is 10.2. The van der Waals surface area contributed by atoms with Crippen molar-refractivity contribution in [3.8, 4) is 6.07 Å². The highest BCUT2D eigenvalue weighted by molar-refractivity contribution is 5.87. The molecule has 4 rings (SSSR count). The number of carbonyl (C=O) groups excluding carboxylic acids is 1. The fraction of sp³-hybridized carbons (Fsp3) is 0.0455. The van der Waals surface area contributed by atoms with Crippen molar-refractivity contribution in [1.29, 1.82) is 5.26 Å². The average molecular weight is 353 g/mol. The second-order valence-electron chi connectivity index (χ2n) is 6.00. The second kappa shape index (κ2) is 7.14. The van der Waals surface area contributed by atoms with Gasteiger partial charge in [0.25, 0.3) is 0 Å². The fourth-order valence-corrected chi connectivity index (χ4v) is 2.94. The summed E-state index contributed by atoms with van der Waals surface area (Å²) in [5, 5.41) is 10.4. The molecule has 0 N–H and O–H groups in total. The summed E-state index contributed by atoms with van der Waals surface area (Å²) in [5.41, 5.74) is 3.53. The van der Waals surface area contributed by atoms with Crippen LogP contribution < -0.4 is 0 Å². The van der Waals surface area contributed by atoms with E-state index < -0.39 is 5.97 Å². The van der Waals surface area contributed by atoms with Crippen LogP contribution >= 0.6 is 0 Å². The summed E-state index contributed by atoms with van der Waals surface area (Å²) in [6.07, 6.45) is 6.62. The Kier molecular flexibility index (Phi) is 4.38. The minimum Gasteiger partial charge on any atom is -0.458 e. The maximum Gasteiger partial charge on any atom is 0.331 e. The van der Waals surface area contributed by atoms with Crippen molar-refractivity contribution in [3.05, 3.63) is 89.9 Å². The first kappa shape index (κ1) is 16.6. The Morgan fingerprint density at radius 2 is 2.00 bits per heavy atom. The van der Waals surface area contributed by atoms with Gasteiger partial charge in [-0.3, -0.25) is 0 Å². The number of esters is 1. The summed E-state index contributed by atoms with van der Waals surface area (Å²) in [6.45, 7) is 0.0406. The van der Waals surface area contributed by atoms with Crippen molar-refractivity contribution in [2.75, 3.05) is 0 Å². The van der Waals surface area contributed by atoms with Gasteiger partial charge in [0, 0.05) is 29.4 Å². The number of rotatable bonds is 4. The smallest absolute Gasteiger partial charge is 0.331 e. The van der Waals surface area contributed by atoms with E-state index in [1.165, 1.54) is 6.08 Å². The summed E-state index contributed by atoms with van der Waals surface area (Å²) in [5.74, 6) is -0.482. The highest BCUT2D eigenvalue weighted by Gasteiger charge is 2.11. The minimum absolute atomic E-state index is 0.0406. The van der Waals surface area contributed by atoms with Crippen LogP contribution in [0, 0.1) is 11.3 Å². The van der Waals surface area contributed by atoms with Crippen LogP contribution in [-0.4, -0.2) is 15.4 Å². The number of benzene rings is 1. The van der Waals surface area contributed by atoms with Crippen LogP contribution in [0.4, 0.5) is 0 Å². The van der Waals surface area contributed by atoms with Gasteiger partial charge in [-0.1, -0.05) is 30.3 Å². The molecular formula is C22H15N3O2. The molecule has 130 valence electrons. The van der Waals surface area contributed by atoms with Crippen LogP contribution in [-0.2, 0) is 16.1 Å². The van der Waals surface area contributed by atoms with Crippen LogP contribution in [0.5, 0.6) is 0 Å². The van der Waals surface area contributed by atoms with E-state index in [1.54, 1.807) is 12.3 Å². The lowest BCUT2D eigenvalue weighted by Gasteiger charge is -2.01. The van der Waals surface area contributed by atoms with Crippen molar-refractivity contribution in [1.82, 2.24) is 9.38 Å². The standard InChI is InChI=1S/C22H15N3O2/c23-13-19-17(14-25-12-4-3-7-21(19)25)15-27-22(26)11-10-18-9-8-16-5-1-2-6-20(16)24-18/h1-12,14H,15H2/b11-10+. The lowest BCUT2D eigenvalue weighted by molar-refractivity contribution is -0.138. The minimum atomic E-state index is -0.482. The van der Waals surface area contributed by atoms with Crippen molar-refractivity contribution < 1.29 is 9.53 Å². The molecule has 0 aliphatic carbocycles. The molecule has 0 atom stereocenters. The van der Waals surface area contributed by atoms with Crippen LogP contribution in [0.15, 0.2) is 73.1 Å². The van der Waals surface area contributed by atoms with Crippen LogP contribution in [0.3, 0.4) is 0 Å². The molecule has 27 heavy (non-hydrogen) atoms. The third-order valence-corrected chi connectivity index (χ3v) is 4.25. The summed E-state index contributed by atoms with van der Waals surface area (Å²) in [6, 6.07) is 19.4. The van der Waals surface area contributed by atoms with Gasteiger partial charge in [-0.2, -0.15) is 5.26 Å². The number of aromatic nitrogens is 2. The second-order valence-corrected chi connectivity index (χ2v) is 6.00. The Hall–Kier alpha value is -3.91. The molecular weight excluding hydrogens is 338 g/mol. The van der Waals surface area contributed by atoms with Crippen LogP contribution in [0.1, 0.15) is 16.8 Å². The van der Waals surface area contributed by atoms with Crippen molar-refractivity contribution in [3.63, 3.8) is 0 Å². The SMILES string of the molecule is N#Cc1c(COC(=O)/C=C/c2ccc3ccccc3n2)cn2ccccc12. The molecule has 0 amide bonds. The van der Waals surface area contributed by atoms with Crippen molar-refractivity contribution in [2.24, 2.45) is 0 Å². The van der Waals surface area contributed by atoms with Gasteiger partial charge in [0.2, 0.25) is 0 Å². The number of pyridine rings is 2. The van der Waals surface area contributed by atoms with Gasteiger partial charge in [0.1, 0.15) is 12.7 Å². The first-order chi connectivity index (χ1) is 13.2. The normalized spacial score (nSPS) is 11.1. The quantitative estimate of drug-likeness (QED) is 0.409. The topological polar surface area (TPSA) is 67.4 Å². The van der Waals surface area contributed by atoms with Gasteiger partial charge >= 0.3 is 5.97 Å². The Bertz CT molecular complexity index is 1220. The largest absolute Gasteiger partial charge is 0.458 e. The first-order valence-electron chi connectivity index (χ1n) is 8.44. The Morgan fingerprint density at radius 3 is 2.89 bits per heavy atom. The monoisotopic (exact) mass is 353 g/mol. The molecule has 5 nitrogen and oxygen atoms in total. The number of ether oxygens (including phenoxy) is 1. The number of hydrogen-bond donors (Lipinski definition) is 0. The van der Waals surface area contributed by atoms with Crippen LogP contribution in [0.25, 0.3) is 22.5 Å². The highest BCUT2D eigenvalue weighted by atomic mass is 16.5. The molecule has 0 saturated heterocycles. The van der Waals surface area contributed by atoms with Gasteiger partial charge in [-0.05, 0) is 30.3 Å². The van der Waals surface area contributed by atoms with E-state index in [1.807, 2.05) is 65.2 Å². The van der Waals surface area contributed by atoms with E-state index in [9.17, 15) is 10.1 Å². The summed E-state index contributed by atoms with van der Waals surface area (Å²) in [4.78, 5) is 16.5. The Labute approximate surface area is 155 Å². The number of nitrogens with zero attached hydrogens (tertiary/aromatic N) is 3. The van der Waals surface area contributed by atoms with Crippen LogP contribution in [0.2, 0.25) is 0 Å². The van der Waals surface area contributed by atoms with E-state index in [0.29, 0.717) is 16.8 Å². The van der Waals surface area contributed by atoms with Crippen molar-refractivity contribution in [2.45, 2.75) is 6.61 Å². The molecule has 4 aromatic rings. The molecule has 0 aliphatic heterocycles. The van der Waals surface area contributed by atoms with Gasteiger partial charge < -0.3 is 9.14 Å². The average Bonchev–Trinajstić information content (AvgIpc) is 3.08. The molecule has 0 fully saturated rings. The van der Waals surface area contributed by atoms with Crippen molar-refractivity contribution >= 4 is 28.5 Å². The summed E-state index contributed by atoms with van der Waals surface area (Å²) < 4.78 is 7.14. The van der Waals surface area contributed by atoms with Gasteiger partial charge in [0.15, 0.2) is 0 Å². The van der Waals surface area contributed by atoms with E-state index in [-0.39, 0.29) is 6.61 Å². The zero-order valence-corrected chi connectivity index (χ0v) is 14.4. The zero-order chi connectivity index (χ0) is 18.6. The molecule has 3 aromatic heterocycles. The number of carbonyl (C=O) groups is 1. The molecule has 1 aromatic carbocycles. The number of fused-ring (bicyclic) bond motifs is 2. The lowest BCUT2D eigenvalue weighted by Crippen LogP contribution is -2.01. The highest BCUT2D eigenvalue weighted by Crippen LogP contribution is 2.18. The van der Waals surface area contributed by atoms with E-state index in [2.05, 4.69) is 11.1 Å². The van der Waals surface area contributed by atoms with E-state index in [0.717, 1.165) is 16.4 Å². The van der Waals surface area contributed by atoms with E-state index in [4.69, 9.17) is 4.74 Å². The molecule has 3 heterocycles. The molecule has 0 saturated carbocycles. The maximum absolute atomic E-state index is 12.0. The Morgan fingerprint density at radius 1 is 1.15 bits per heavy atom. The molecule has 0 radical (unpaired) electrons. The third kappa shape index (κ3) is 3.42. The Balaban J connectivity index is 1.46. The van der Waals surface area contributed by atoms with Gasteiger partial charge in [-0.15, -0.1) is 0 Å². The number of para-hydroxylation sites is 1. The third-order valence-electron chi connectivity index (χ3n) is 4.25.